The van der Waals surface area contributed by atoms with Crippen molar-refractivity contribution in [1.29, 1.82) is 0 Å². The molecule has 0 saturated carbocycles. The minimum atomic E-state index is -0.573. The van der Waals surface area contributed by atoms with E-state index in [0.29, 0.717) is 0 Å². The van der Waals surface area contributed by atoms with E-state index in [1.54, 1.807) is 6.20 Å². The molecule has 0 bridgehead atoms. The molecule has 0 aliphatic rings. The summed E-state index contributed by atoms with van der Waals surface area (Å²) >= 11 is 0.751. The van der Waals surface area contributed by atoms with Crippen LogP contribution in [0.25, 0.3) is 0 Å². The fourth-order valence-corrected chi connectivity index (χ4v) is 2.39. The highest BCUT2D eigenvalue weighted by atomic mass is 32.1. The Morgan fingerprint density at radius 1 is 1.08 bits per heavy atom. The zero-order chi connectivity index (χ0) is 19.1. The molecule has 0 radical (unpaired) electrons. The van der Waals surface area contributed by atoms with Crippen molar-refractivity contribution >= 4 is 33.6 Å². The van der Waals surface area contributed by atoms with Crippen LogP contribution in [-0.4, -0.2) is 20.8 Å². The number of carbonyl (C=O) groups is 1. The number of aromatic amines is 2. The van der Waals surface area contributed by atoms with E-state index >= 15 is 0 Å². The quantitative estimate of drug-likeness (QED) is 0.401. The first-order chi connectivity index (χ1) is 12.4. The van der Waals surface area contributed by atoms with E-state index in [1.807, 2.05) is 0 Å². The van der Waals surface area contributed by atoms with Crippen LogP contribution in [0.1, 0.15) is 9.67 Å². The lowest BCUT2D eigenvalue weighted by molar-refractivity contribution is -0.380. The van der Waals surface area contributed by atoms with Gasteiger partial charge in [0.2, 0.25) is 10.9 Å². The Bertz CT molecular complexity index is 1040. The van der Waals surface area contributed by atoms with E-state index in [0.717, 1.165) is 11.3 Å². The molecule has 11 heteroatoms. The van der Waals surface area contributed by atoms with E-state index in [4.69, 9.17) is 5.73 Å². The van der Waals surface area contributed by atoms with Gasteiger partial charge in [-0.1, -0.05) is 11.3 Å². The molecule has 3 heterocycles. The van der Waals surface area contributed by atoms with Gasteiger partial charge in [0, 0.05) is 43.0 Å². The monoisotopic (exact) mass is 375 g/mol. The first-order valence-electron chi connectivity index (χ1n) is 7.03. The first kappa shape index (κ1) is 18.6. The minimum Gasteiger partial charge on any atom is -0.394 e. The highest BCUT2D eigenvalue weighted by Gasteiger charge is 2.15. The fourth-order valence-electron chi connectivity index (χ4n) is 1.67. The number of nitro groups is 1. The number of nitrogens with zero attached hydrogens (tertiary/aromatic N) is 1. The molecule has 0 aliphatic carbocycles. The van der Waals surface area contributed by atoms with Crippen LogP contribution < -0.4 is 21.9 Å². The number of rotatable bonds is 3. The van der Waals surface area contributed by atoms with Gasteiger partial charge in [-0.25, -0.2) is 0 Å². The summed E-state index contributed by atoms with van der Waals surface area (Å²) in [4.78, 5) is 49.0. The highest BCUT2D eigenvalue weighted by molar-refractivity contribution is 7.17. The number of hydrogen-bond donors (Lipinski definition) is 4. The van der Waals surface area contributed by atoms with Crippen LogP contribution in [0.4, 0.5) is 16.4 Å². The summed E-state index contributed by atoms with van der Waals surface area (Å²) in [7, 11) is 0. The number of nitrogen functional groups attached to an aromatic ring is 1. The number of carbonyl (C=O) groups excluding carboxylic acids is 1. The van der Waals surface area contributed by atoms with Crippen LogP contribution in [0.2, 0.25) is 0 Å². The maximum Gasteiger partial charge on any atom is 0.324 e. The normalized spacial score (nSPS) is 9.69. The highest BCUT2D eigenvalue weighted by Crippen LogP contribution is 2.24. The third-order valence-corrected chi connectivity index (χ3v) is 3.96. The Kier molecular flexibility index (Phi) is 6.01. The lowest BCUT2D eigenvalue weighted by atomic mass is 10.3. The van der Waals surface area contributed by atoms with Crippen molar-refractivity contribution < 1.29 is 9.72 Å². The molecule has 0 spiro atoms. The fraction of sp³-hybridized carbons (Fsp3) is 0. The predicted octanol–water partition coefficient (Wildman–Crippen LogP) is 1.55. The number of nitrogens with one attached hydrogen (secondary N) is 3. The van der Waals surface area contributed by atoms with Gasteiger partial charge in [-0.2, -0.15) is 0 Å². The second kappa shape index (κ2) is 8.39. The predicted molar refractivity (Wildman–Crippen MR) is 97.5 cm³/mol. The number of anilines is 2. The summed E-state index contributed by atoms with van der Waals surface area (Å²) in [5.41, 5.74) is 5.05. The van der Waals surface area contributed by atoms with Crippen LogP contribution in [0, 0.1) is 10.1 Å². The van der Waals surface area contributed by atoms with Gasteiger partial charge in [0.15, 0.2) is 0 Å². The molecule has 0 saturated heterocycles. The number of H-pyrrole nitrogens is 2. The maximum atomic E-state index is 11.7. The molecule has 3 aromatic rings. The molecule has 26 heavy (non-hydrogen) atoms. The Balaban J connectivity index is 0.000000254. The van der Waals surface area contributed by atoms with E-state index in [2.05, 4.69) is 15.3 Å². The van der Waals surface area contributed by atoms with E-state index in [-0.39, 0.29) is 32.1 Å². The van der Waals surface area contributed by atoms with Gasteiger partial charge >= 0.3 is 5.00 Å². The van der Waals surface area contributed by atoms with E-state index < -0.39 is 10.8 Å². The molecule has 0 fully saturated rings. The second-order valence-corrected chi connectivity index (χ2v) is 5.80. The zero-order valence-corrected chi connectivity index (χ0v) is 13.9. The van der Waals surface area contributed by atoms with Gasteiger partial charge in [-0.05, 0) is 6.07 Å². The average molecular weight is 375 g/mol. The molecular weight excluding hydrogens is 362 g/mol. The topological polar surface area (TPSA) is 164 Å². The van der Waals surface area contributed by atoms with Crippen molar-refractivity contribution in [1.82, 2.24) is 9.97 Å². The molecule has 0 aromatic carbocycles. The third kappa shape index (κ3) is 4.88. The number of hydrogen-bond acceptors (Lipinski definition) is 7. The lowest BCUT2D eigenvalue weighted by Gasteiger charge is -2.00. The van der Waals surface area contributed by atoms with Crippen molar-refractivity contribution in [2.45, 2.75) is 0 Å². The summed E-state index contributed by atoms with van der Waals surface area (Å²) in [6.45, 7) is 0. The Labute approximate surface area is 149 Å². The number of aromatic nitrogens is 2. The standard InChI is InChI=1S/C10H7N3O4S.C5H6N2O/c14-7-3-4-11-5-6(7)12-10(15)8-1-2-9(18-8)13(16)17;6-4-3-7-2-1-5(4)8/h1-5H,(H,11,14)(H,12,15);1-3H,6H2,(H,7,8). The number of thiophene rings is 1. The maximum absolute atomic E-state index is 11.7. The molecule has 0 aliphatic heterocycles. The molecule has 10 nitrogen and oxygen atoms in total. The molecule has 5 N–H and O–H groups in total. The Hall–Kier alpha value is -3.73. The van der Waals surface area contributed by atoms with Crippen LogP contribution in [0.15, 0.2) is 58.6 Å². The molecular formula is C15H13N5O5S. The van der Waals surface area contributed by atoms with Crippen molar-refractivity contribution in [2.75, 3.05) is 11.1 Å². The van der Waals surface area contributed by atoms with Gasteiger partial charge in [0.05, 0.1) is 15.5 Å². The van der Waals surface area contributed by atoms with E-state index in [1.165, 1.54) is 42.9 Å². The van der Waals surface area contributed by atoms with E-state index in [9.17, 15) is 24.5 Å². The molecule has 3 aromatic heterocycles. The Morgan fingerprint density at radius 3 is 2.23 bits per heavy atom. The number of nitrogens with two attached hydrogens (primary N) is 1. The van der Waals surface area contributed by atoms with Crippen LogP contribution >= 0.6 is 11.3 Å². The summed E-state index contributed by atoms with van der Waals surface area (Å²) in [5, 5.41) is 12.7. The van der Waals surface area contributed by atoms with Gasteiger partial charge < -0.3 is 21.0 Å². The van der Waals surface area contributed by atoms with Crippen molar-refractivity contribution in [3.8, 4) is 0 Å². The zero-order valence-electron chi connectivity index (χ0n) is 13.1. The number of pyridine rings is 2. The van der Waals surface area contributed by atoms with Crippen molar-refractivity contribution in [2.24, 2.45) is 0 Å². The summed E-state index contributed by atoms with van der Waals surface area (Å²) in [5.74, 6) is -0.551. The van der Waals surface area contributed by atoms with Crippen LogP contribution in [-0.2, 0) is 0 Å². The van der Waals surface area contributed by atoms with Crippen LogP contribution in [0.3, 0.4) is 0 Å². The van der Waals surface area contributed by atoms with Gasteiger partial charge in [0.1, 0.15) is 5.69 Å². The summed E-state index contributed by atoms with van der Waals surface area (Å²) < 4.78 is 0. The summed E-state index contributed by atoms with van der Waals surface area (Å²) in [6, 6.07) is 5.24. The largest absolute Gasteiger partial charge is 0.394 e. The molecule has 0 atom stereocenters. The molecule has 134 valence electrons. The van der Waals surface area contributed by atoms with Gasteiger partial charge in [-0.3, -0.25) is 24.5 Å². The average Bonchev–Trinajstić information content (AvgIpc) is 3.11. The first-order valence-corrected chi connectivity index (χ1v) is 7.85. The Morgan fingerprint density at radius 2 is 1.73 bits per heavy atom. The summed E-state index contributed by atoms with van der Waals surface area (Å²) in [6.07, 6.45) is 5.79. The second-order valence-electron chi connectivity index (χ2n) is 4.74. The minimum absolute atomic E-state index is 0.0959. The lowest BCUT2D eigenvalue weighted by Crippen LogP contribution is -2.16. The van der Waals surface area contributed by atoms with Gasteiger partial charge in [-0.15, -0.1) is 0 Å². The SMILES string of the molecule is Nc1c[nH]ccc1=O.O=C(Nc1c[nH]ccc1=O)c1ccc([N+](=O)[O-])s1. The van der Waals surface area contributed by atoms with Crippen LogP contribution in [0.5, 0.6) is 0 Å². The molecule has 3 rings (SSSR count). The van der Waals surface area contributed by atoms with Crippen molar-refractivity contribution in [3.05, 3.63) is 84.5 Å². The van der Waals surface area contributed by atoms with Gasteiger partial charge in [0.25, 0.3) is 5.91 Å². The number of amides is 1. The molecule has 0 unspecified atom stereocenters. The third-order valence-electron chi connectivity index (χ3n) is 2.92. The van der Waals surface area contributed by atoms with Crippen molar-refractivity contribution in [3.63, 3.8) is 0 Å². The molecule has 1 amide bonds. The smallest absolute Gasteiger partial charge is 0.324 e.